The quantitative estimate of drug-likeness (QED) is 0.419. The summed E-state index contributed by atoms with van der Waals surface area (Å²) in [5.41, 5.74) is 0. The normalized spacial score (nSPS) is 12.2. The molecule has 0 amide bonds. The van der Waals surface area contributed by atoms with Crippen molar-refractivity contribution in [2.45, 2.75) is 13.8 Å². The molecule has 5 nitrogen and oxygen atoms in total. The average Bonchev–Trinajstić information content (AvgIpc) is 2.27. The average molecular weight is 288 g/mol. The van der Waals surface area contributed by atoms with E-state index in [-0.39, 0.29) is 11.6 Å². The van der Waals surface area contributed by atoms with E-state index >= 15 is 0 Å². The lowest BCUT2D eigenvalue weighted by Gasteiger charge is -2.21. The minimum atomic E-state index is -3.29. The highest BCUT2D eigenvalue weighted by molar-refractivity contribution is 7.89. The molecule has 0 fully saturated rings. The van der Waals surface area contributed by atoms with Crippen LogP contribution in [-0.4, -0.2) is 63.9 Å². The van der Waals surface area contributed by atoms with E-state index in [1.165, 1.54) is 4.31 Å². The molecule has 0 N–H and O–H groups in total. The fourth-order valence-electron chi connectivity index (χ4n) is 1.24. The molecule has 0 aromatic rings. The van der Waals surface area contributed by atoms with Gasteiger partial charge in [0.1, 0.15) is 0 Å². The van der Waals surface area contributed by atoms with Crippen LogP contribution >= 0.6 is 11.6 Å². The van der Waals surface area contributed by atoms with Gasteiger partial charge in [-0.3, -0.25) is 0 Å². The van der Waals surface area contributed by atoms with Gasteiger partial charge in [0.25, 0.3) is 0 Å². The molecule has 0 saturated heterocycles. The first-order valence-corrected chi connectivity index (χ1v) is 7.92. The molecule has 17 heavy (non-hydrogen) atoms. The Bertz CT molecular complexity index is 261. The van der Waals surface area contributed by atoms with E-state index in [1.807, 2.05) is 13.8 Å². The van der Waals surface area contributed by atoms with Crippen molar-refractivity contribution < 1.29 is 17.9 Å². The Hall–Kier alpha value is 0.120. The second kappa shape index (κ2) is 10.1. The molecule has 0 saturated carbocycles. The van der Waals surface area contributed by atoms with Crippen LogP contribution in [0.5, 0.6) is 0 Å². The Morgan fingerprint density at radius 2 is 1.53 bits per heavy atom. The first kappa shape index (κ1) is 17.1. The number of sulfonamides is 1. The maximum Gasteiger partial charge on any atom is 0.215 e. The molecular weight excluding hydrogens is 266 g/mol. The Balaban J connectivity index is 4.27. The highest BCUT2D eigenvalue weighted by Crippen LogP contribution is 2.02. The fraction of sp³-hybridized carbons (Fsp3) is 1.00. The van der Waals surface area contributed by atoms with Crippen LogP contribution in [0.4, 0.5) is 0 Å². The van der Waals surface area contributed by atoms with Gasteiger partial charge in [0.2, 0.25) is 10.0 Å². The van der Waals surface area contributed by atoms with E-state index in [9.17, 15) is 8.42 Å². The maximum atomic E-state index is 11.8. The van der Waals surface area contributed by atoms with E-state index in [0.29, 0.717) is 39.5 Å². The van der Waals surface area contributed by atoms with Gasteiger partial charge < -0.3 is 9.47 Å². The molecule has 0 aliphatic heterocycles. The highest BCUT2D eigenvalue weighted by Gasteiger charge is 2.20. The van der Waals surface area contributed by atoms with Crippen molar-refractivity contribution in [3.05, 3.63) is 0 Å². The maximum absolute atomic E-state index is 11.8. The Morgan fingerprint density at radius 3 is 1.88 bits per heavy atom. The molecule has 7 heteroatoms. The predicted molar refractivity (Wildman–Crippen MR) is 69.1 cm³/mol. The molecule has 0 heterocycles. The zero-order chi connectivity index (χ0) is 13.1. The molecule has 104 valence electrons. The van der Waals surface area contributed by atoms with E-state index in [2.05, 4.69) is 0 Å². The van der Waals surface area contributed by atoms with Gasteiger partial charge in [0.05, 0.1) is 19.0 Å². The first-order valence-electron chi connectivity index (χ1n) is 5.77. The fourth-order valence-corrected chi connectivity index (χ4v) is 2.98. The standard InChI is InChI=1S/C10H22ClNO4S/c1-3-15-8-6-12(7-9-16-4-2)17(13,14)10-5-11/h3-10H2,1-2H3. The summed E-state index contributed by atoms with van der Waals surface area (Å²) in [6.07, 6.45) is 0. The third-order valence-corrected chi connectivity index (χ3v) is 4.39. The van der Waals surface area contributed by atoms with Crippen molar-refractivity contribution in [3.8, 4) is 0 Å². The number of alkyl halides is 1. The van der Waals surface area contributed by atoms with Gasteiger partial charge in [-0.05, 0) is 13.8 Å². The molecule has 0 aliphatic rings. The van der Waals surface area contributed by atoms with Gasteiger partial charge in [-0.15, -0.1) is 11.6 Å². The van der Waals surface area contributed by atoms with Crippen molar-refractivity contribution in [1.29, 1.82) is 0 Å². The van der Waals surface area contributed by atoms with Crippen LogP contribution in [0, 0.1) is 0 Å². The molecule has 0 aromatic heterocycles. The van der Waals surface area contributed by atoms with Crippen LogP contribution in [0.25, 0.3) is 0 Å². The predicted octanol–water partition coefficient (Wildman–Crippen LogP) is 0.930. The number of nitrogens with zero attached hydrogens (tertiary/aromatic N) is 1. The third kappa shape index (κ3) is 7.94. The molecule has 0 spiro atoms. The van der Waals surface area contributed by atoms with Gasteiger partial charge in [-0.25, -0.2) is 8.42 Å². The SMILES string of the molecule is CCOCCN(CCOCC)S(=O)(=O)CCCl. The molecule has 0 unspecified atom stereocenters. The van der Waals surface area contributed by atoms with E-state index in [4.69, 9.17) is 21.1 Å². The summed E-state index contributed by atoms with van der Waals surface area (Å²) in [4.78, 5) is 0. The van der Waals surface area contributed by atoms with E-state index < -0.39 is 10.0 Å². The van der Waals surface area contributed by atoms with E-state index in [0.717, 1.165) is 0 Å². The van der Waals surface area contributed by atoms with Gasteiger partial charge in [-0.2, -0.15) is 4.31 Å². The number of halogens is 1. The van der Waals surface area contributed by atoms with Crippen LogP contribution in [0.1, 0.15) is 13.8 Å². The summed E-state index contributed by atoms with van der Waals surface area (Å²) in [6.45, 7) is 6.38. The molecule has 0 bridgehead atoms. The zero-order valence-corrected chi connectivity index (χ0v) is 12.1. The Morgan fingerprint density at radius 1 is 1.06 bits per heavy atom. The number of rotatable bonds is 11. The van der Waals surface area contributed by atoms with Crippen molar-refractivity contribution in [2.75, 3.05) is 51.1 Å². The molecule has 0 aliphatic carbocycles. The minimum Gasteiger partial charge on any atom is -0.380 e. The molecular formula is C10H22ClNO4S. The van der Waals surface area contributed by atoms with Crippen LogP contribution in [-0.2, 0) is 19.5 Å². The topological polar surface area (TPSA) is 55.8 Å². The number of ether oxygens (including phenoxy) is 2. The summed E-state index contributed by atoms with van der Waals surface area (Å²) >= 11 is 5.48. The van der Waals surface area contributed by atoms with Crippen molar-refractivity contribution >= 4 is 21.6 Å². The zero-order valence-electron chi connectivity index (χ0n) is 10.5. The molecule has 0 rings (SSSR count). The number of hydrogen-bond donors (Lipinski definition) is 0. The van der Waals surface area contributed by atoms with Crippen LogP contribution in [0.3, 0.4) is 0 Å². The third-order valence-electron chi connectivity index (χ3n) is 2.11. The smallest absolute Gasteiger partial charge is 0.215 e. The molecule has 0 radical (unpaired) electrons. The monoisotopic (exact) mass is 287 g/mol. The number of hydrogen-bond acceptors (Lipinski definition) is 4. The second-order valence-electron chi connectivity index (χ2n) is 3.30. The van der Waals surface area contributed by atoms with Crippen LogP contribution < -0.4 is 0 Å². The van der Waals surface area contributed by atoms with Gasteiger partial charge in [0.15, 0.2) is 0 Å². The summed E-state index contributed by atoms with van der Waals surface area (Å²) in [6, 6.07) is 0. The first-order chi connectivity index (χ1) is 8.08. The van der Waals surface area contributed by atoms with Crippen molar-refractivity contribution in [3.63, 3.8) is 0 Å². The Labute approximate surface area is 109 Å². The summed E-state index contributed by atoms with van der Waals surface area (Å²) in [5.74, 6) is 0.0505. The Kier molecular flexibility index (Phi) is 10.2. The van der Waals surface area contributed by atoms with Crippen molar-refractivity contribution in [1.82, 2.24) is 4.31 Å². The van der Waals surface area contributed by atoms with Gasteiger partial charge >= 0.3 is 0 Å². The molecule has 0 aromatic carbocycles. The van der Waals surface area contributed by atoms with Gasteiger partial charge in [-0.1, -0.05) is 0 Å². The van der Waals surface area contributed by atoms with Crippen molar-refractivity contribution in [2.24, 2.45) is 0 Å². The highest BCUT2D eigenvalue weighted by atomic mass is 35.5. The lowest BCUT2D eigenvalue weighted by atomic mass is 10.6. The van der Waals surface area contributed by atoms with Crippen LogP contribution in [0.15, 0.2) is 0 Å². The summed E-state index contributed by atoms with van der Waals surface area (Å²) in [5, 5.41) is 0. The summed E-state index contributed by atoms with van der Waals surface area (Å²) in [7, 11) is -3.29. The molecule has 0 atom stereocenters. The second-order valence-corrected chi connectivity index (χ2v) is 5.76. The largest absolute Gasteiger partial charge is 0.380 e. The lowest BCUT2D eigenvalue weighted by Crippen LogP contribution is -2.38. The van der Waals surface area contributed by atoms with E-state index in [1.54, 1.807) is 0 Å². The lowest BCUT2D eigenvalue weighted by molar-refractivity contribution is 0.110. The summed E-state index contributed by atoms with van der Waals surface area (Å²) < 4.78 is 35.4. The van der Waals surface area contributed by atoms with Gasteiger partial charge in [0, 0.05) is 32.2 Å². The van der Waals surface area contributed by atoms with Crippen LogP contribution in [0.2, 0.25) is 0 Å². The minimum absolute atomic E-state index is 0.0488.